The first-order valence-corrected chi connectivity index (χ1v) is 10.6. The Labute approximate surface area is 194 Å². The van der Waals surface area contributed by atoms with E-state index in [2.05, 4.69) is 5.32 Å². The van der Waals surface area contributed by atoms with Crippen LogP contribution in [0.1, 0.15) is 26.3 Å². The number of hydrogen-bond donors (Lipinski definition) is 1. The summed E-state index contributed by atoms with van der Waals surface area (Å²) in [4.78, 5) is 38.3. The number of imide groups is 1. The molecule has 32 heavy (non-hydrogen) atoms. The lowest BCUT2D eigenvalue weighted by Gasteiger charge is -2.15. The summed E-state index contributed by atoms with van der Waals surface area (Å²) in [5.41, 5.74) is 2.63. The lowest BCUT2D eigenvalue weighted by atomic mass is 10.1. The average Bonchev–Trinajstić information content (AvgIpc) is 3.02. The van der Waals surface area contributed by atoms with Gasteiger partial charge in [-0.05, 0) is 35.9 Å². The third-order valence-electron chi connectivity index (χ3n) is 5.03. The van der Waals surface area contributed by atoms with Crippen LogP contribution < -0.4 is 5.32 Å². The maximum Gasteiger partial charge on any atom is 0.310 e. The first-order chi connectivity index (χ1) is 15.5. The molecule has 4 rings (SSSR count). The highest BCUT2D eigenvalue weighted by Gasteiger charge is 2.34. The molecule has 0 radical (unpaired) electrons. The molecular formula is C24H18Cl2N2O4. The summed E-state index contributed by atoms with van der Waals surface area (Å²) in [6, 6.07) is 19.0. The van der Waals surface area contributed by atoms with Gasteiger partial charge in [0.15, 0.2) is 0 Å². The average molecular weight is 469 g/mol. The van der Waals surface area contributed by atoms with Crippen molar-refractivity contribution in [3.63, 3.8) is 0 Å². The van der Waals surface area contributed by atoms with E-state index in [1.54, 1.807) is 60.7 Å². The molecule has 1 N–H and O–H groups in total. The van der Waals surface area contributed by atoms with Crippen molar-refractivity contribution in [1.29, 1.82) is 0 Å². The lowest BCUT2D eigenvalue weighted by molar-refractivity contribution is -0.143. The molecule has 0 fully saturated rings. The second-order valence-electron chi connectivity index (χ2n) is 7.08. The number of amides is 2. The minimum atomic E-state index is -0.485. The summed E-state index contributed by atoms with van der Waals surface area (Å²) in [5, 5.41) is 4.08. The monoisotopic (exact) mass is 468 g/mol. The molecule has 1 aliphatic heterocycles. The Morgan fingerprint density at radius 2 is 1.44 bits per heavy atom. The highest BCUT2D eigenvalue weighted by molar-refractivity contribution is 6.39. The molecule has 0 aliphatic carbocycles. The number of halogens is 2. The van der Waals surface area contributed by atoms with Gasteiger partial charge >= 0.3 is 5.97 Å². The van der Waals surface area contributed by atoms with E-state index in [9.17, 15) is 14.4 Å². The standard InChI is InChI=1S/C24H18Cl2N2O4/c25-18-9-5-10-19(26)22(18)27-20-11-4-1-6-15(20)14-21(29)32-13-12-28-23(30)16-7-2-3-8-17(16)24(28)31/h1-11,27H,12-14H2. The SMILES string of the molecule is O=C(Cc1ccccc1Nc1c(Cl)cccc1Cl)OCCN1C(=O)c2ccccc2C1=O. The number of anilines is 2. The van der Waals surface area contributed by atoms with Crippen LogP contribution in [0.5, 0.6) is 0 Å². The molecule has 0 bridgehead atoms. The molecule has 8 heteroatoms. The zero-order chi connectivity index (χ0) is 22.7. The van der Waals surface area contributed by atoms with Gasteiger partial charge in [-0.15, -0.1) is 0 Å². The Morgan fingerprint density at radius 1 is 0.844 bits per heavy atom. The predicted molar refractivity (Wildman–Crippen MR) is 123 cm³/mol. The molecule has 0 saturated heterocycles. The van der Waals surface area contributed by atoms with Crippen molar-refractivity contribution in [1.82, 2.24) is 4.90 Å². The third-order valence-corrected chi connectivity index (χ3v) is 5.66. The van der Waals surface area contributed by atoms with E-state index in [4.69, 9.17) is 27.9 Å². The number of benzene rings is 3. The topological polar surface area (TPSA) is 75.7 Å². The van der Waals surface area contributed by atoms with E-state index < -0.39 is 5.97 Å². The van der Waals surface area contributed by atoms with Gasteiger partial charge in [-0.25, -0.2) is 0 Å². The van der Waals surface area contributed by atoms with Gasteiger partial charge in [0, 0.05) is 5.69 Å². The van der Waals surface area contributed by atoms with E-state index in [1.165, 1.54) is 0 Å². The summed E-state index contributed by atoms with van der Waals surface area (Å²) in [6.45, 7) is -0.0938. The van der Waals surface area contributed by atoms with Crippen molar-refractivity contribution < 1.29 is 19.1 Å². The van der Waals surface area contributed by atoms with Gasteiger partial charge in [0.2, 0.25) is 0 Å². The van der Waals surface area contributed by atoms with Gasteiger partial charge in [0.05, 0.1) is 39.8 Å². The van der Waals surface area contributed by atoms with Crippen LogP contribution in [-0.4, -0.2) is 35.8 Å². The molecule has 0 unspecified atom stereocenters. The van der Waals surface area contributed by atoms with Gasteiger partial charge in [-0.3, -0.25) is 19.3 Å². The number of carbonyl (C=O) groups is 3. The molecule has 0 atom stereocenters. The molecule has 3 aromatic carbocycles. The van der Waals surface area contributed by atoms with Crippen LogP contribution in [0.4, 0.5) is 11.4 Å². The van der Waals surface area contributed by atoms with Crippen molar-refractivity contribution in [2.45, 2.75) is 6.42 Å². The number of carbonyl (C=O) groups excluding carboxylic acids is 3. The van der Waals surface area contributed by atoms with Gasteiger partial charge in [0.1, 0.15) is 6.61 Å². The van der Waals surface area contributed by atoms with Crippen molar-refractivity contribution in [3.8, 4) is 0 Å². The first-order valence-electron chi connectivity index (χ1n) is 9.85. The van der Waals surface area contributed by atoms with E-state index in [1.807, 2.05) is 6.07 Å². The molecule has 0 spiro atoms. The molecule has 1 aliphatic rings. The van der Waals surface area contributed by atoms with E-state index in [-0.39, 0.29) is 31.4 Å². The van der Waals surface area contributed by atoms with Crippen LogP contribution in [-0.2, 0) is 16.0 Å². The fourth-order valence-corrected chi connectivity index (χ4v) is 3.94. The predicted octanol–water partition coefficient (Wildman–Crippen LogP) is 5.12. The fraction of sp³-hybridized carbons (Fsp3) is 0.125. The van der Waals surface area contributed by atoms with Crippen molar-refractivity contribution >= 4 is 52.4 Å². The quantitative estimate of drug-likeness (QED) is 0.384. The van der Waals surface area contributed by atoms with Crippen molar-refractivity contribution in [3.05, 3.63) is 93.5 Å². The van der Waals surface area contributed by atoms with Gasteiger partial charge in [0.25, 0.3) is 11.8 Å². The Bertz CT molecular complexity index is 1160. The van der Waals surface area contributed by atoms with Gasteiger partial charge < -0.3 is 10.1 Å². The molecular weight excluding hydrogens is 451 g/mol. The Hall–Kier alpha value is -3.35. The second-order valence-corrected chi connectivity index (χ2v) is 7.90. The minimum Gasteiger partial charge on any atom is -0.464 e. The van der Waals surface area contributed by atoms with Gasteiger partial charge in [-0.2, -0.15) is 0 Å². The number of rotatable bonds is 7. The minimum absolute atomic E-state index is 0.00658. The summed E-state index contributed by atoms with van der Waals surface area (Å²) in [6.07, 6.45) is -0.00658. The summed E-state index contributed by atoms with van der Waals surface area (Å²) in [7, 11) is 0. The largest absolute Gasteiger partial charge is 0.464 e. The molecule has 6 nitrogen and oxygen atoms in total. The zero-order valence-electron chi connectivity index (χ0n) is 16.8. The number of nitrogens with one attached hydrogen (secondary N) is 1. The highest BCUT2D eigenvalue weighted by Crippen LogP contribution is 2.33. The second kappa shape index (κ2) is 9.42. The third kappa shape index (κ3) is 4.47. The molecule has 0 aromatic heterocycles. The molecule has 0 saturated carbocycles. The lowest BCUT2D eigenvalue weighted by Crippen LogP contribution is -2.33. The summed E-state index contributed by atoms with van der Waals surface area (Å²) >= 11 is 12.5. The normalized spacial score (nSPS) is 12.6. The van der Waals surface area contributed by atoms with Crippen molar-refractivity contribution in [2.24, 2.45) is 0 Å². The number of ether oxygens (including phenoxy) is 1. The van der Waals surface area contributed by atoms with Crippen molar-refractivity contribution in [2.75, 3.05) is 18.5 Å². The molecule has 2 amide bonds. The van der Waals surface area contributed by atoms with Crippen LogP contribution >= 0.6 is 23.2 Å². The van der Waals surface area contributed by atoms with Crippen LogP contribution in [0.15, 0.2) is 66.7 Å². The molecule has 1 heterocycles. The fourth-order valence-electron chi connectivity index (χ4n) is 3.45. The highest BCUT2D eigenvalue weighted by atomic mass is 35.5. The molecule has 162 valence electrons. The van der Waals surface area contributed by atoms with Crippen LogP contribution in [0.25, 0.3) is 0 Å². The maximum atomic E-state index is 12.4. The number of esters is 1. The number of nitrogens with zero attached hydrogens (tertiary/aromatic N) is 1. The zero-order valence-corrected chi connectivity index (χ0v) is 18.3. The number of para-hydroxylation sites is 2. The Balaban J connectivity index is 1.36. The molecule has 3 aromatic rings. The van der Waals surface area contributed by atoms with Crippen LogP contribution in [0.2, 0.25) is 10.0 Å². The number of fused-ring (bicyclic) bond motifs is 1. The maximum absolute atomic E-state index is 12.4. The van der Waals surface area contributed by atoms with E-state index in [0.29, 0.717) is 38.1 Å². The number of hydrogen-bond acceptors (Lipinski definition) is 5. The Kier molecular flexibility index (Phi) is 6.44. The summed E-state index contributed by atoms with van der Waals surface area (Å²) < 4.78 is 5.29. The van der Waals surface area contributed by atoms with Crippen LogP contribution in [0, 0.1) is 0 Å². The van der Waals surface area contributed by atoms with E-state index >= 15 is 0 Å². The summed E-state index contributed by atoms with van der Waals surface area (Å²) in [5.74, 6) is -1.25. The van der Waals surface area contributed by atoms with Crippen LogP contribution in [0.3, 0.4) is 0 Å². The smallest absolute Gasteiger partial charge is 0.310 e. The van der Waals surface area contributed by atoms with Gasteiger partial charge in [-0.1, -0.05) is 59.6 Å². The van der Waals surface area contributed by atoms with E-state index in [0.717, 1.165) is 4.90 Å². The first kappa shape index (κ1) is 21.9. The Morgan fingerprint density at radius 3 is 2.09 bits per heavy atom.